The average Bonchev–Trinajstić information content (AvgIpc) is 2.39. The molecule has 0 heterocycles. The second-order valence-corrected chi connectivity index (χ2v) is 5.23. The Kier molecular flexibility index (Phi) is 4.56. The van der Waals surface area contributed by atoms with Crippen LogP contribution in [0.3, 0.4) is 0 Å². The van der Waals surface area contributed by atoms with Crippen LogP contribution in [0, 0.1) is 0 Å². The highest BCUT2D eigenvalue weighted by atomic mass is 79.9. The Bertz CT molecular complexity index is 590. The van der Waals surface area contributed by atoms with Crippen molar-refractivity contribution in [3.05, 3.63) is 51.5 Å². The van der Waals surface area contributed by atoms with E-state index in [1.54, 1.807) is 25.3 Å². The van der Waals surface area contributed by atoms with Gasteiger partial charge in [-0.25, -0.2) is 0 Å². The fourth-order valence-electron chi connectivity index (χ4n) is 1.63. The molecule has 0 aliphatic carbocycles. The van der Waals surface area contributed by atoms with Crippen molar-refractivity contribution in [3.8, 4) is 11.5 Å². The molecule has 0 amide bonds. The van der Waals surface area contributed by atoms with Crippen LogP contribution in [0.25, 0.3) is 0 Å². The van der Waals surface area contributed by atoms with Crippen LogP contribution in [-0.4, -0.2) is 7.11 Å². The van der Waals surface area contributed by atoms with Crippen molar-refractivity contribution in [2.24, 2.45) is 0 Å². The molecule has 0 aliphatic rings. The normalized spacial score (nSPS) is 10.3. The third kappa shape index (κ3) is 3.55. The van der Waals surface area contributed by atoms with Gasteiger partial charge in [0.15, 0.2) is 0 Å². The summed E-state index contributed by atoms with van der Waals surface area (Å²) in [5.41, 5.74) is 7.30. The largest absolute Gasteiger partial charge is 0.496 e. The Hall–Kier alpha value is -1.39. The van der Waals surface area contributed by atoms with E-state index in [0.29, 0.717) is 23.1 Å². The summed E-state index contributed by atoms with van der Waals surface area (Å²) >= 11 is 9.29. The SMILES string of the molecule is COc1cc(N)ccc1COc1ccc(Cl)cc1Br. The van der Waals surface area contributed by atoms with Crippen LogP contribution in [0.1, 0.15) is 5.56 Å². The first-order chi connectivity index (χ1) is 9.10. The van der Waals surface area contributed by atoms with Gasteiger partial charge in [-0.15, -0.1) is 0 Å². The lowest BCUT2D eigenvalue weighted by Gasteiger charge is -2.12. The van der Waals surface area contributed by atoms with E-state index in [2.05, 4.69) is 15.9 Å². The summed E-state index contributed by atoms with van der Waals surface area (Å²) in [7, 11) is 1.61. The molecule has 2 aromatic rings. The Morgan fingerprint density at radius 3 is 2.63 bits per heavy atom. The third-order valence-corrected chi connectivity index (χ3v) is 3.44. The average molecular weight is 343 g/mol. The summed E-state index contributed by atoms with van der Waals surface area (Å²) in [6.45, 7) is 0.393. The lowest BCUT2D eigenvalue weighted by molar-refractivity contribution is 0.295. The van der Waals surface area contributed by atoms with Crippen LogP contribution in [0.5, 0.6) is 11.5 Å². The van der Waals surface area contributed by atoms with Gasteiger partial charge in [0.25, 0.3) is 0 Å². The van der Waals surface area contributed by atoms with E-state index in [0.717, 1.165) is 15.8 Å². The molecule has 0 atom stereocenters. The number of halogens is 2. The highest BCUT2D eigenvalue weighted by Gasteiger charge is 2.06. The smallest absolute Gasteiger partial charge is 0.134 e. The predicted octanol–water partition coefficient (Wildman–Crippen LogP) is 4.27. The molecule has 0 unspecified atom stereocenters. The van der Waals surface area contributed by atoms with Crippen molar-refractivity contribution in [3.63, 3.8) is 0 Å². The minimum absolute atomic E-state index is 0.393. The van der Waals surface area contributed by atoms with Crippen LogP contribution >= 0.6 is 27.5 Å². The lowest BCUT2D eigenvalue weighted by atomic mass is 10.2. The third-order valence-electron chi connectivity index (χ3n) is 2.59. The van der Waals surface area contributed by atoms with Gasteiger partial charge in [0.05, 0.1) is 11.6 Å². The topological polar surface area (TPSA) is 44.5 Å². The molecule has 100 valence electrons. The van der Waals surface area contributed by atoms with Crippen molar-refractivity contribution in [2.45, 2.75) is 6.61 Å². The number of hydrogen-bond donors (Lipinski definition) is 1. The molecule has 0 aromatic heterocycles. The maximum absolute atomic E-state index is 5.88. The van der Waals surface area contributed by atoms with Gasteiger partial charge in [-0.2, -0.15) is 0 Å². The molecule has 0 saturated carbocycles. The quantitative estimate of drug-likeness (QED) is 0.844. The highest BCUT2D eigenvalue weighted by molar-refractivity contribution is 9.10. The van der Waals surface area contributed by atoms with Gasteiger partial charge >= 0.3 is 0 Å². The standard InChI is InChI=1S/C14H13BrClNO2/c1-18-14-7-11(17)4-2-9(14)8-19-13-5-3-10(16)6-12(13)15/h2-7H,8,17H2,1H3. The monoisotopic (exact) mass is 341 g/mol. The molecule has 2 rings (SSSR count). The maximum atomic E-state index is 5.88. The molecule has 5 heteroatoms. The molecular weight excluding hydrogens is 330 g/mol. The number of nitrogens with two attached hydrogens (primary N) is 1. The van der Waals surface area contributed by atoms with Crippen molar-refractivity contribution in [2.75, 3.05) is 12.8 Å². The second kappa shape index (κ2) is 6.17. The number of benzene rings is 2. The first-order valence-electron chi connectivity index (χ1n) is 5.60. The number of hydrogen-bond acceptors (Lipinski definition) is 3. The van der Waals surface area contributed by atoms with E-state index < -0.39 is 0 Å². The molecule has 2 aromatic carbocycles. The summed E-state index contributed by atoms with van der Waals surface area (Å²) in [4.78, 5) is 0. The molecule has 2 N–H and O–H groups in total. The second-order valence-electron chi connectivity index (χ2n) is 3.93. The van der Waals surface area contributed by atoms with E-state index in [1.807, 2.05) is 18.2 Å². The zero-order chi connectivity index (χ0) is 13.8. The fraction of sp³-hybridized carbons (Fsp3) is 0.143. The number of anilines is 1. The molecule has 0 aliphatic heterocycles. The molecule has 0 fully saturated rings. The molecule has 3 nitrogen and oxygen atoms in total. The van der Waals surface area contributed by atoms with E-state index in [1.165, 1.54) is 0 Å². The summed E-state index contributed by atoms with van der Waals surface area (Å²) in [5.74, 6) is 1.44. The van der Waals surface area contributed by atoms with Crippen molar-refractivity contribution in [1.82, 2.24) is 0 Å². The van der Waals surface area contributed by atoms with Crippen molar-refractivity contribution >= 4 is 33.2 Å². The molecular formula is C14H13BrClNO2. The van der Waals surface area contributed by atoms with E-state index >= 15 is 0 Å². The number of methoxy groups -OCH3 is 1. The predicted molar refractivity (Wildman–Crippen MR) is 80.9 cm³/mol. The van der Waals surface area contributed by atoms with Crippen molar-refractivity contribution < 1.29 is 9.47 Å². The number of ether oxygens (including phenoxy) is 2. The van der Waals surface area contributed by atoms with E-state index in [9.17, 15) is 0 Å². The van der Waals surface area contributed by atoms with E-state index in [-0.39, 0.29) is 0 Å². The number of nitrogen functional groups attached to an aromatic ring is 1. The first kappa shape index (κ1) is 14.0. The van der Waals surface area contributed by atoms with Gasteiger partial charge in [0.1, 0.15) is 18.1 Å². The zero-order valence-corrected chi connectivity index (χ0v) is 12.7. The summed E-state index contributed by atoms with van der Waals surface area (Å²) in [5, 5.41) is 0.657. The Morgan fingerprint density at radius 2 is 1.95 bits per heavy atom. The molecule has 19 heavy (non-hydrogen) atoms. The maximum Gasteiger partial charge on any atom is 0.134 e. The molecule has 0 radical (unpaired) electrons. The Labute approximate surface area is 125 Å². The Morgan fingerprint density at radius 1 is 1.16 bits per heavy atom. The summed E-state index contributed by atoms with van der Waals surface area (Å²) in [6.07, 6.45) is 0. The minimum atomic E-state index is 0.393. The van der Waals surface area contributed by atoms with E-state index in [4.69, 9.17) is 26.8 Å². The van der Waals surface area contributed by atoms with Crippen LogP contribution < -0.4 is 15.2 Å². The van der Waals surface area contributed by atoms with Crippen LogP contribution in [0.2, 0.25) is 5.02 Å². The molecule has 0 saturated heterocycles. The summed E-state index contributed by atoms with van der Waals surface area (Å²) in [6, 6.07) is 10.9. The van der Waals surface area contributed by atoms with Gasteiger partial charge < -0.3 is 15.2 Å². The van der Waals surface area contributed by atoms with Crippen LogP contribution in [0.15, 0.2) is 40.9 Å². The zero-order valence-electron chi connectivity index (χ0n) is 10.3. The van der Waals surface area contributed by atoms with Crippen LogP contribution in [-0.2, 0) is 6.61 Å². The first-order valence-corrected chi connectivity index (χ1v) is 6.77. The molecule has 0 bridgehead atoms. The highest BCUT2D eigenvalue weighted by Crippen LogP contribution is 2.30. The van der Waals surface area contributed by atoms with Gasteiger partial charge in [-0.1, -0.05) is 11.6 Å². The van der Waals surface area contributed by atoms with Crippen molar-refractivity contribution in [1.29, 1.82) is 0 Å². The summed E-state index contributed by atoms with van der Waals surface area (Å²) < 4.78 is 11.8. The molecule has 0 spiro atoms. The number of rotatable bonds is 4. The Balaban J connectivity index is 2.14. The van der Waals surface area contributed by atoms with Crippen LogP contribution in [0.4, 0.5) is 5.69 Å². The minimum Gasteiger partial charge on any atom is -0.496 e. The lowest BCUT2D eigenvalue weighted by Crippen LogP contribution is -2.00. The van der Waals surface area contributed by atoms with Gasteiger partial charge in [0.2, 0.25) is 0 Å². The van der Waals surface area contributed by atoms with Gasteiger partial charge in [-0.05, 0) is 46.3 Å². The van der Waals surface area contributed by atoms with Gasteiger partial charge in [0, 0.05) is 22.3 Å². The van der Waals surface area contributed by atoms with Gasteiger partial charge in [-0.3, -0.25) is 0 Å². The fourth-order valence-corrected chi connectivity index (χ4v) is 2.43.